The zero-order chi connectivity index (χ0) is 19.5. The third-order valence-corrected chi connectivity index (χ3v) is 5.49. The maximum atomic E-state index is 13.0. The second-order valence-corrected chi connectivity index (χ2v) is 7.40. The molecule has 146 valence electrons. The maximum absolute atomic E-state index is 13.0. The summed E-state index contributed by atoms with van der Waals surface area (Å²) in [5.74, 6) is 0. The third kappa shape index (κ3) is 3.50. The summed E-state index contributed by atoms with van der Waals surface area (Å²) in [5.41, 5.74) is 5.93. The molecule has 1 aromatic heterocycles. The standard InChI is InChI=1S/C23H27N3O2/c1-16-8-10-17(11-9-16)22-21-19(18-6-3-4-7-20(18)25-21)12-14-26(22)23(27)24-13-5-15-28-2/h3-4,6-11,22,25H,5,12-15H2,1-2H3,(H,24,27)/t22-/m0/s1. The van der Waals surface area contributed by atoms with Crippen LogP contribution >= 0.6 is 0 Å². The van der Waals surface area contributed by atoms with Crippen molar-refractivity contribution in [1.82, 2.24) is 15.2 Å². The highest BCUT2D eigenvalue weighted by molar-refractivity contribution is 5.86. The molecule has 1 aliphatic rings. The van der Waals surface area contributed by atoms with Crippen LogP contribution in [0.2, 0.25) is 0 Å². The molecule has 0 unspecified atom stereocenters. The van der Waals surface area contributed by atoms with Crippen LogP contribution in [0.25, 0.3) is 10.9 Å². The van der Waals surface area contributed by atoms with Crippen molar-refractivity contribution >= 4 is 16.9 Å². The van der Waals surface area contributed by atoms with Gasteiger partial charge in [-0.25, -0.2) is 4.79 Å². The first-order valence-corrected chi connectivity index (χ1v) is 9.88. The summed E-state index contributed by atoms with van der Waals surface area (Å²) in [7, 11) is 1.68. The number of aromatic amines is 1. The minimum atomic E-state index is -0.112. The average Bonchev–Trinajstić information content (AvgIpc) is 3.10. The Kier molecular flexibility index (Phi) is 5.35. The Morgan fingerprint density at radius 2 is 2.00 bits per heavy atom. The lowest BCUT2D eigenvalue weighted by Gasteiger charge is -2.36. The van der Waals surface area contributed by atoms with E-state index in [1.807, 2.05) is 11.0 Å². The van der Waals surface area contributed by atoms with Gasteiger partial charge in [-0.2, -0.15) is 0 Å². The van der Waals surface area contributed by atoms with Crippen molar-refractivity contribution in [3.63, 3.8) is 0 Å². The van der Waals surface area contributed by atoms with Crippen LogP contribution in [0.5, 0.6) is 0 Å². The van der Waals surface area contributed by atoms with E-state index in [1.54, 1.807) is 7.11 Å². The van der Waals surface area contributed by atoms with Gasteiger partial charge in [-0.3, -0.25) is 0 Å². The molecule has 0 saturated heterocycles. The summed E-state index contributed by atoms with van der Waals surface area (Å²) in [6, 6.07) is 16.7. The van der Waals surface area contributed by atoms with E-state index in [1.165, 1.54) is 16.5 Å². The fourth-order valence-electron chi connectivity index (χ4n) is 4.07. The molecule has 2 aromatic carbocycles. The number of hydrogen-bond donors (Lipinski definition) is 2. The van der Waals surface area contributed by atoms with Crippen LogP contribution in [-0.4, -0.2) is 42.7 Å². The van der Waals surface area contributed by atoms with Crippen LogP contribution in [0.1, 0.15) is 34.8 Å². The minimum absolute atomic E-state index is 0.0222. The molecule has 5 heteroatoms. The number of H-pyrrole nitrogens is 1. The zero-order valence-corrected chi connectivity index (χ0v) is 16.5. The number of para-hydroxylation sites is 1. The molecule has 1 aliphatic heterocycles. The second kappa shape index (κ2) is 8.07. The number of hydrogen-bond acceptors (Lipinski definition) is 2. The first kappa shape index (κ1) is 18.6. The molecule has 5 nitrogen and oxygen atoms in total. The van der Waals surface area contributed by atoms with Gasteiger partial charge >= 0.3 is 6.03 Å². The van der Waals surface area contributed by atoms with Crippen LogP contribution in [-0.2, 0) is 11.2 Å². The monoisotopic (exact) mass is 377 g/mol. The number of amides is 2. The lowest BCUT2D eigenvalue weighted by atomic mass is 9.92. The molecule has 0 aliphatic carbocycles. The van der Waals surface area contributed by atoms with Crippen LogP contribution < -0.4 is 5.32 Å². The van der Waals surface area contributed by atoms with Gasteiger partial charge in [0.15, 0.2) is 0 Å². The van der Waals surface area contributed by atoms with E-state index < -0.39 is 0 Å². The number of nitrogens with zero attached hydrogens (tertiary/aromatic N) is 1. The van der Waals surface area contributed by atoms with E-state index in [4.69, 9.17) is 4.74 Å². The zero-order valence-electron chi connectivity index (χ0n) is 16.5. The lowest BCUT2D eigenvalue weighted by Crippen LogP contribution is -2.46. The molecule has 2 amide bonds. The summed E-state index contributed by atoms with van der Waals surface area (Å²) in [6.07, 6.45) is 1.66. The van der Waals surface area contributed by atoms with Crippen LogP contribution in [0.15, 0.2) is 48.5 Å². The van der Waals surface area contributed by atoms with Crippen molar-refractivity contribution in [3.8, 4) is 0 Å². The Morgan fingerprint density at radius 1 is 1.21 bits per heavy atom. The molecular formula is C23H27N3O2. The Labute approximate surface area is 165 Å². The van der Waals surface area contributed by atoms with Gasteiger partial charge < -0.3 is 19.9 Å². The molecule has 0 radical (unpaired) electrons. The molecule has 2 heterocycles. The Hall–Kier alpha value is -2.79. The first-order chi connectivity index (χ1) is 13.7. The van der Waals surface area contributed by atoms with Gasteiger partial charge in [0.05, 0.1) is 6.04 Å². The van der Waals surface area contributed by atoms with Gasteiger partial charge in [0, 0.05) is 43.4 Å². The molecule has 0 spiro atoms. The molecule has 3 aromatic rings. The molecule has 2 N–H and O–H groups in total. The number of nitrogens with one attached hydrogen (secondary N) is 2. The molecule has 4 rings (SSSR count). The number of carbonyl (C=O) groups excluding carboxylic acids is 1. The number of methoxy groups -OCH3 is 1. The van der Waals surface area contributed by atoms with Gasteiger partial charge in [0.1, 0.15) is 0 Å². The van der Waals surface area contributed by atoms with Crippen molar-refractivity contribution in [2.75, 3.05) is 26.8 Å². The number of fused-ring (bicyclic) bond motifs is 3. The Bertz CT molecular complexity index is 962. The quantitative estimate of drug-likeness (QED) is 0.656. The number of aromatic nitrogens is 1. The molecular weight excluding hydrogens is 350 g/mol. The number of aryl methyl sites for hydroxylation is 1. The number of carbonyl (C=O) groups is 1. The molecule has 0 fully saturated rings. The van der Waals surface area contributed by atoms with Gasteiger partial charge in [0.25, 0.3) is 0 Å². The van der Waals surface area contributed by atoms with E-state index in [2.05, 4.69) is 59.7 Å². The summed E-state index contributed by atoms with van der Waals surface area (Å²) in [4.78, 5) is 18.5. The number of ether oxygens (including phenoxy) is 1. The van der Waals surface area contributed by atoms with Crippen LogP contribution in [0.4, 0.5) is 4.79 Å². The molecule has 0 saturated carbocycles. The summed E-state index contributed by atoms with van der Waals surface area (Å²) < 4.78 is 5.08. The fraction of sp³-hybridized carbons (Fsp3) is 0.348. The maximum Gasteiger partial charge on any atom is 0.318 e. The number of urea groups is 1. The van der Waals surface area contributed by atoms with Crippen molar-refractivity contribution in [2.24, 2.45) is 0 Å². The predicted molar refractivity (Wildman–Crippen MR) is 112 cm³/mol. The van der Waals surface area contributed by atoms with Gasteiger partial charge in [-0.1, -0.05) is 48.0 Å². The van der Waals surface area contributed by atoms with E-state index in [0.29, 0.717) is 19.7 Å². The highest BCUT2D eigenvalue weighted by atomic mass is 16.5. The largest absolute Gasteiger partial charge is 0.385 e. The lowest BCUT2D eigenvalue weighted by molar-refractivity contribution is 0.173. The fourth-order valence-corrected chi connectivity index (χ4v) is 4.07. The van der Waals surface area contributed by atoms with Crippen molar-refractivity contribution < 1.29 is 9.53 Å². The first-order valence-electron chi connectivity index (χ1n) is 9.88. The van der Waals surface area contributed by atoms with Gasteiger partial charge in [-0.15, -0.1) is 0 Å². The van der Waals surface area contributed by atoms with Gasteiger partial charge in [0.2, 0.25) is 0 Å². The smallest absolute Gasteiger partial charge is 0.318 e. The van der Waals surface area contributed by atoms with Gasteiger partial charge in [-0.05, 0) is 37.0 Å². The Balaban J connectivity index is 1.70. The molecule has 1 atom stereocenters. The van der Waals surface area contributed by atoms with Crippen molar-refractivity contribution in [3.05, 3.63) is 70.9 Å². The van der Waals surface area contributed by atoms with E-state index >= 15 is 0 Å². The number of rotatable bonds is 5. The molecule has 0 bridgehead atoms. The highest BCUT2D eigenvalue weighted by Gasteiger charge is 2.34. The van der Waals surface area contributed by atoms with E-state index in [0.717, 1.165) is 29.6 Å². The van der Waals surface area contributed by atoms with Crippen molar-refractivity contribution in [1.29, 1.82) is 0 Å². The second-order valence-electron chi connectivity index (χ2n) is 7.40. The van der Waals surface area contributed by atoms with E-state index in [-0.39, 0.29) is 12.1 Å². The SMILES string of the molecule is COCCCNC(=O)N1CCc2c([nH]c3ccccc23)[C@@H]1c1ccc(C)cc1. The molecule has 28 heavy (non-hydrogen) atoms. The van der Waals surface area contributed by atoms with Crippen LogP contribution in [0.3, 0.4) is 0 Å². The van der Waals surface area contributed by atoms with E-state index in [9.17, 15) is 4.79 Å². The normalized spacial score (nSPS) is 16.2. The average molecular weight is 377 g/mol. The summed E-state index contributed by atoms with van der Waals surface area (Å²) >= 11 is 0. The minimum Gasteiger partial charge on any atom is -0.385 e. The van der Waals surface area contributed by atoms with Crippen LogP contribution in [0, 0.1) is 6.92 Å². The summed E-state index contributed by atoms with van der Waals surface area (Å²) in [6.45, 7) is 4.04. The highest BCUT2D eigenvalue weighted by Crippen LogP contribution is 2.38. The Morgan fingerprint density at radius 3 is 2.79 bits per heavy atom. The third-order valence-electron chi connectivity index (χ3n) is 5.49. The van der Waals surface area contributed by atoms with Crippen molar-refractivity contribution in [2.45, 2.75) is 25.8 Å². The number of benzene rings is 2. The summed E-state index contributed by atoms with van der Waals surface area (Å²) in [5, 5.41) is 4.32. The predicted octanol–water partition coefficient (Wildman–Crippen LogP) is 4.17. The topological polar surface area (TPSA) is 57.4 Å².